The van der Waals surface area contributed by atoms with Crippen LogP contribution in [0.2, 0.25) is 0 Å². The van der Waals surface area contributed by atoms with Crippen LogP contribution >= 0.6 is 23.7 Å². The Balaban J connectivity index is 0.00000120. The lowest BCUT2D eigenvalue weighted by Gasteiger charge is -2.09. The van der Waals surface area contributed by atoms with E-state index >= 15 is 0 Å². The van der Waals surface area contributed by atoms with Crippen molar-refractivity contribution in [2.24, 2.45) is 0 Å². The van der Waals surface area contributed by atoms with Crippen LogP contribution in [0.25, 0.3) is 11.3 Å². The number of hydrogen-bond acceptors (Lipinski definition) is 3. The predicted molar refractivity (Wildman–Crippen MR) is 80.7 cm³/mol. The summed E-state index contributed by atoms with van der Waals surface area (Å²) in [6.07, 6.45) is 5.30. The van der Waals surface area contributed by atoms with E-state index in [4.69, 9.17) is 0 Å². The van der Waals surface area contributed by atoms with E-state index in [2.05, 4.69) is 39.9 Å². The lowest BCUT2D eigenvalue weighted by molar-refractivity contribution is 0.754. The summed E-state index contributed by atoms with van der Waals surface area (Å²) in [5, 5.41) is 6.74. The van der Waals surface area contributed by atoms with Gasteiger partial charge in [-0.25, -0.2) is 4.98 Å². The Morgan fingerprint density at radius 1 is 1.11 bits per heavy atom. The van der Waals surface area contributed by atoms with Gasteiger partial charge in [0, 0.05) is 17.0 Å². The van der Waals surface area contributed by atoms with E-state index in [9.17, 15) is 0 Å². The van der Waals surface area contributed by atoms with Gasteiger partial charge in [-0.2, -0.15) is 0 Å². The van der Waals surface area contributed by atoms with Gasteiger partial charge in [-0.15, -0.1) is 23.7 Å². The SMILES string of the molecule is Cl.c1ccc(-c2csc(NC3CCCC3)n2)cc1. The number of anilines is 1. The summed E-state index contributed by atoms with van der Waals surface area (Å²) in [6, 6.07) is 11.0. The summed E-state index contributed by atoms with van der Waals surface area (Å²) >= 11 is 1.71. The minimum absolute atomic E-state index is 0. The van der Waals surface area contributed by atoms with Gasteiger partial charge in [-0.05, 0) is 12.8 Å². The first-order chi connectivity index (χ1) is 8.42. The molecule has 1 aliphatic carbocycles. The molecule has 0 aliphatic heterocycles. The molecule has 0 atom stereocenters. The summed E-state index contributed by atoms with van der Waals surface area (Å²) in [5.74, 6) is 0. The van der Waals surface area contributed by atoms with Crippen molar-refractivity contribution in [1.29, 1.82) is 0 Å². The van der Waals surface area contributed by atoms with Gasteiger partial charge in [0.05, 0.1) is 5.69 Å². The zero-order chi connectivity index (χ0) is 11.5. The maximum Gasteiger partial charge on any atom is 0.183 e. The summed E-state index contributed by atoms with van der Waals surface area (Å²) in [7, 11) is 0. The van der Waals surface area contributed by atoms with Crippen molar-refractivity contribution in [2.45, 2.75) is 31.7 Å². The number of benzene rings is 1. The van der Waals surface area contributed by atoms with Crippen molar-refractivity contribution in [3.05, 3.63) is 35.7 Å². The Hall–Kier alpha value is -1.06. The molecule has 1 fully saturated rings. The summed E-state index contributed by atoms with van der Waals surface area (Å²) in [5.41, 5.74) is 2.28. The average Bonchev–Trinajstić information content (AvgIpc) is 3.02. The molecule has 0 saturated heterocycles. The number of nitrogens with zero attached hydrogens (tertiary/aromatic N) is 1. The van der Waals surface area contributed by atoms with E-state index in [0.717, 1.165) is 10.8 Å². The molecule has 0 radical (unpaired) electrons. The number of hydrogen-bond donors (Lipinski definition) is 1. The zero-order valence-corrected chi connectivity index (χ0v) is 11.8. The minimum Gasteiger partial charge on any atom is -0.359 e. The van der Waals surface area contributed by atoms with E-state index in [1.807, 2.05) is 6.07 Å². The number of nitrogens with one attached hydrogen (secondary N) is 1. The molecule has 1 aromatic heterocycles. The third-order valence-electron chi connectivity index (χ3n) is 3.26. The van der Waals surface area contributed by atoms with E-state index in [0.29, 0.717) is 6.04 Å². The molecule has 2 nitrogen and oxygen atoms in total. The molecule has 1 heterocycles. The minimum atomic E-state index is 0. The fourth-order valence-corrected chi connectivity index (χ4v) is 3.12. The molecule has 0 bridgehead atoms. The van der Waals surface area contributed by atoms with Crippen LogP contribution in [0.1, 0.15) is 25.7 Å². The molecule has 0 unspecified atom stereocenters. The topological polar surface area (TPSA) is 24.9 Å². The van der Waals surface area contributed by atoms with Gasteiger partial charge < -0.3 is 5.32 Å². The molecule has 2 aromatic rings. The predicted octanol–water partition coefficient (Wildman–Crippen LogP) is 4.59. The lowest BCUT2D eigenvalue weighted by atomic mass is 10.2. The van der Waals surface area contributed by atoms with Crippen molar-refractivity contribution < 1.29 is 0 Å². The van der Waals surface area contributed by atoms with Gasteiger partial charge in [-0.1, -0.05) is 43.2 Å². The van der Waals surface area contributed by atoms with Gasteiger partial charge in [0.2, 0.25) is 0 Å². The maximum atomic E-state index is 4.65. The second kappa shape index (κ2) is 6.21. The van der Waals surface area contributed by atoms with Crippen LogP contribution in [0.5, 0.6) is 0 Å². The highest BCUT2D eigenvalue weighted by molar-refractivity contribution is 7.14. The Morgan fingerprint density at radius 3 is 2.56 bits per heavy atom. The molecule has 1 aromatic carbocycles. The van der Waals surface area contributed by atoms with Crippen LogP contribution in [0.15, 0.2) is 35.7 Å². The maximum absolute atomic E-state index is 4.65. The smallest absolute Gasteiger partial charge is 0.183 e. The van der Waals surface area contributed by atoms with Crippen molar-refractivity contribution in [3.8, 4) is 11.3 Å². The Morgan fingerprint density at radius 2 is 1.83 bits per heavy atom. The average molecular weight is 281 g/mol. The van der Waals surface area contributed by atoms with Gasteiger partial charge in [0.25, 0.3) is 0 Å². The fourth-order valence-electron chi connectivity index (χ4n) is 2.33. The molecular formula is C14H17ClN2S. The highest BCUT2D eigenvalue weighted by Crippen LogP contribution is 2.28. The van der Waals surface area contributed by atoms with Crippen LogP contribution in [0.3, 0.4) is 0 Å². The second-order valence-electron chi connectivity index (χ2n) is 4.53. The molecule has 0 amide bonds. The van der Waals surface area contributed by atoms with Crippen molar-refractivity contribution >= 4 is 28.9 Å². The Kier molecular flexibility index (Phi) is 4.61. The van der Waals surface area contributed by atoms with Crippen molar-refractivity contribution in [2.75, 3.05) is 5.32 Å². The lowest BCUT2D eigenvalue weighted by Crippen LogP contribution is -2.13. The van der Waals surface area contributed by atoms with Crippen LogP contribution < -0.4 is 5.32 Å². The molecule has 1 aliphatic rings. The third-order valence-corrected chi connectivity index (χ3v) is 4.03. The monoisotopic (exact) mass is 280 g/mol. The Labute approximate surface area is 118 Å². The first kappa shape index (κ1) is 13.4. The first-order valence-electron chi connectivity index (χ1n) is 6.19. The van der Waals surface area contributed by atoms with E-state index in [-0.39, 0.29) is 12.4 Å². The van der Waals surface area contributed by atoms with Crippen molar-refractivity contribution in [3.63, 3.8) is 0 Å². The number of thiazole rings is 1. The normalized spacial score (nSPS) is 15.3. The van der Waals surface area contributed by atoms with E-state index in [1.165, 1.54) is 31.2 Å². The standard InChI is InChI=1S/C14H16N2S.ClH/c1-2-6-11(7-3-1)13-10-17-14(16-13)15-12-8-4-5-9-12;/h1-3,6-7,10,12H,4-5,8-9H2,(H,15,16);1H. The largest absolute Gasteiger partial charge is 0.359 e. The molecule has 96 valence electrons. The third kappa shape index (κ3) is 3.03. The van der Waals surface area contributed by atoms with Crippen LogP contribution in [-0.2, 0) is 0 Å². The number of halogens is 1. The summed E-state index contributed by atoms with van der Waals surface area (Å²) < 4.78 is 0. The zero-order valence-electron chi connectivity index (χ0n) is 10.1. The van der Waals surface area contributed by atoms with Crippen molar-refractivity contribution in [1.82, 2.24) is 4.98 Å². The number of rotatable bonds is 3. The molecule has 18 heavy (non-hydrogen) atoms. The Bertz CT molecular complexity index is 478. The molecule has 0 spiro atoms. The summed E-state index contributed by atoms with van der Waals surface area (Å²) in [4.78, 5) is 4.65. The van der Waals surface area contributed by atoms with Crippen LogP contribution in [-0.4, -0.2) is 11.0 Å². The van der Waals surface area contributed by atoms with Gasteiger partial charge in [0.15, 0.2) is 5.13 Å². The molecular weight excluding hydrogens is 264 g/mol. The van der Waals surface area contributed by atoms with E-state index < -0.39 is 0 Å². The highest BCUT2D eigenvalue weighted by Gasteiger charge is 2.15. The highest BCUT2D eigenvalue weighted by atomic mass is 35.5. The van der Waals surface area contributed by atoms with Gasteiger partial charge in [-0.3, -0.25) is 0 Å². The van der Waals surface area contributed by atoms with Gasteiger partial charge in [0.1, 0.15) is 0 Å². The van der Waals surface area contributed by atoms with Crippen LogP contribution in [0, 0.1) is 0 Å². The first-order valence-corrected chi connectivity index (χ1v) is 7.07. The molecule has 1 N–H and O–H groups in total. The molecule has 4 heteroatoms. The van der Waals surface area contributed by atoms with Crippen LogP contribution in [0.4, 0.5) is 5.13 Å². The summed E-state index contributed by atoms with van der Waals surface area (Å²) in [6.45, 7) is 0. The van der Waals surface area contributed by atoms with E-state index in [1.54, 1.807) is 11.3 Å². The molecule has 3 rings (SSSR count). The second-order valence-corrected chi connectivity index (χ2v) is 5.39. The number of aromatic nitrogens is 1. The quantitative estimate of drug-likeness (QED) is 0.890. The fraction of sp³-hybridized carbons (Fsp3) is 0.357. The van der Waals surface area contributed by atoms with Gasteiger partial charge >= 0.3 is 0 Å². The molecule has 1 saturated carbocycles.